The molecule has 0 aromatic heterocycles. The van der Waals surface area contributed by atoms with Gasteiger partial charge in [-0.15, -0.1) is 0 Å². The zero-order valence-electron chi connectivity index (χ0n) is 11.6. The van der Waals surface area contributed by atoms with Gasteiger partial charge in [-0.05, 0) is 64.0 Å². The minimum Gasteiger partial charge on any atom is -0.494 e. The van der Waals surface area contributed by atoms with Crippen LogP contribution in [0, 0.1) is 0 Å². The number of rotatable bonds is 6. The van der Waals surface area contributed by atoms with Crippen molar-refractivity contribution >= 4 is 11.6 Å². The molecule has 1 aromatic rings. The van der Waals surface area contributed by atoms with E-state index in [0.717, 1.165) is 30.3 Å². The smallest absolute Gasteiger partial charge is 0.124 e. The van der Waals surface area contributed by atoms with Gasteiger partial charge in [0, 0.05) is 16.6 Å². The lowest BCUT2D eigenvalue weighted by Gasteiger charge is -2.29. The van der Waals surface area contributed by atoms with Gasteiger partial charge in [-0.3, -0.25) is 4.90 Å². The van der Waals surface area contributed by atoms with Crippen LogP contribution in [0.4, 0.5) is 0 Å². The number of hydrogen-bond donors (Lipinski definition) is 1. The van der Waals surface area contributed by atoms with E-state index in [0.29, 0.717) is 19.2 Å². The summed E-state index contributed by atoms with van der Waals surface area (Å²) in [6.07, 6.45) is 3.48. The van der Waals surface area contributed by atoms with Crippen molar-refractivity contribution in [3.63, 3.8) is 0 Å². The molecule has 19 heavy (non-hydrogen) atoms. The molecule has 2 N–H and O–H groups in total. The van der Waals surface area contributed by atoms with Crippen LogP contribution in [0.3, 0.4) is 0 Å². The predicted molar refractivity (Wildman–Crippen MR) is 79.8 cm³/mol. The number of halogens is 1. The Kier molecular flexibility index (Phi) is 5.49. The van der Waals surface area contributed by atoms with Crippen molar-refractivity contribution in [2.24, 2.45) is 5.73 Å². The minimum absolute atomic E-state index is 0.327. The van der Waals surface area contributed by atoms with Crippen LogP contribution < -0.4 is 10.5 Å². The predicted octanol–water partition coefficient (Wildman–Crippen LogP) is 3.22. The lowest BCUT2D eigenvalue weighted by atomic mass is 10.0. The Labute approximate surface area is 120 Å². The lowest BCUT2D eigenvalue weighted by Crippen LogP contribution is -2.28. The number of benzene rings is 1. The molecule has 2 rings (SSSR count). The molecule has 0 saturated carbocycles. The van der Waals surface area contributed by atoms with E-state index in [1.807, 2.05) is 25.1 Å². The Bertz CT molecular complexity index is 405. The molecule has 0 amide bonds. The summed E-state index contributed by atoms with van der Waals surface area (Å²) in [6.45, 7) is 5.64. The van der Waals surface area contributed by atoms with Crippen molar-refractivity contribution in [2.45, 2.75) is 32.2 Å². The fraction of sp³-hybridized carbons (Fsp3) is 0.600. The normalized spacial score (nSPS) is 17.6. The van der Waals surface area contributed by atoms with E-state index in [-0.39, 0.29) is 0 Å². The molecule has 3 nitrogen and oxygen atoms in total. The lowest BCUT2D eigenvalue weighted by molar-refractivity contribution is 0.227. The van der Waals surface area contributed by atoms with E-state index in [1.165, 1.54) is 18.4 Å². The monoisotopic (exact) mass is 282 g/mol. The molecular formula is C15H23ClN2O. The van der Waals surface area contributed by atoms with Crippen molar-refractivity contribution in [1.29, 1.82) is 0 Å². The summed E-state index contributed by atoms with van der Waals surface area (Å²) >= 11 is 6.16. The summed E-state index contributed by atoms with van der Waals surface area (Å²) < 4.78 is 5.75. The molecule has 4 heteroatoms. The maximum absolute atomic E-state index is 6.16. The summed E-state index contributed by atoms with van der Waals surface area (Å²) in [5.74, 6) is 0.942. The third kappa shape index (κ3) is 3.62. The highest BCUT2D eigenvalue weighted by Crippen LogP contribution is 2.35. The summed E-state index contributed by atoms with van der Waals surface area (Å²) in [5, 5.41) is 0.764. The highest BCUT2D eigenvalue weighted by atomic mass is 35.5. The van der Waals surface area contributed by atoms with Gasteiger partial charge in [0.25, 0.3) is 0 Å². The van der Waals surface area contributed by atoms with Crippen LogP contribution >= 0.6 is 11.6 Å². The second-order valence-corrected chi connectivity index (χ2v) is 5.39. The topological polar surface area (TPSA) is 38.5 Å². The minimum atomic E-state index is 0.327. The third-order valence-corrected chi connectivity index (χ3v) is 3.89. The molecule has 1 fully saturated rings. The quantitative estimate of drug-likeness (QED) is 0.871. The van der Waals surface area contributed by atoms with Gasteiger partial charge in [0.2, 0.25) is 0 Å². The number of nitrogens with zero attached hydrogens (tertiary/aromatic N) is 1. The van der Waals surface area contributed by atoms with Gasteiger partial charge in [0.05, 0.1) is 6.61 Å². The van der Waals surface area contributed by atoms with Crippen LogP contribution in [0.5, 0.6) is 5.75 Å². The molecule has 0 bridgehead atoms. The Morgan fingerprint density at radius 1 is 1.37 bits per heavy atom. The van der Waals surface area contributed by atoms with E-state index >= 15 is 0 Å². The van der Waals surface area contributed by atoms with Crippen molar-refractivity contribution in [2.75, 3.05) is 26.2 Å². The molecule has 1 aliphatic rings. The Balaban J connectivity index is 2.30. The fourth-order valence-electron chi connectivity index (χ4n) is 2.81. The highest BCUT2D eigenvalue weighted by molar-refractivity contribution is 6.30. The molecule has 0 spiro atoms. The summed E-state index contributed by atoms with van der Waals surface area (Å²) in [4.78, 5) is 2.50. The van der Waals surface area contributed by atoms with Crippen LogP contribution in [-0.4, -0.2) is 31.1 Å². The molecule has 1 heterocycles. The Morgan fingerprint density at radius 2 is 2.11 bits per heavy atom. The number of ether oxygens (including phenoxy) is 1. The van der Waals surface area contributed by atoms with Gasteiger partial charge >= 0.3 is 0 Å². The first-order chi connectivity index (χ1) is 9.26. The van der Waals surface area contributed by atoms with E-state index in [9.17, 15) is 0 Å². The zero-order chi connectivity index (χ0) is 13.7. The van der Waals surface area contributed by atoms with Gasteiger partial charge in [-0.1, -0.05) is 11.6 Å². The van der Waals surface area contributed by atoms with Gasteiger partial charge < -0.3 is 10.5 Å². The fourth-order valence-corrected chi connectivity index (χ4v) is 2.99. The van der Waals surface area contributed by atoms with Crippen LogP contribution in [0.2, 0.25) is 5.02 Å². The van der Waals surface area contributed by atoms with E-state index in [4.69, 9.17) is 22.1 Å². The van der Waals surface area contributed by atoms with Crippen LogP contribution in [-0.2, 0) is 0 Å². The summed E-state index contributed by atoms with van der Waals surface area (Å²) in [6, 6.07) is 6.22. The van der Waals surface area contributed by atoms with Gasteiger partial charge in [-0.2, -0.15) is 0 Å². The highest BCUT2D eigenvalue weighted by Gasteiger charge is 2.25. The molecule has 1 unspecified atom stereocenters. The molecule has 1 aliphatic heterocycles. The standard InChI is InChI=1S/C15H23ClN2O/c1-2-19-15-6-5-12(16)11-13(15)14(7-8-17)18-9-3-4-10-18/h5-6,11,14H,2-4,7-10,17H2,1H3. The first-order valence-corrected chi connectivity index (χ1v) is 7.50. The van der Waals surface area contributed by atoms with E-state index in [2.05, 4.69) is 4.90 Å². The van der Waals surface area contributed by atoms with Crippen molar-refractivity contribution in [3.8, 4) is 5.75 Å². The average molecular weight is 283 g/mol. The maximum Gasteiger partial charge on any atom is 0.124 e. The van der Waals surface area contributed by atoms with Crippen molar-refractivity contribution in [1.82, 2.24) is 4.90 Å². The second kappa shape index (κ2) is 7.13. The molecule has 1 saturated heterocycles. The van der Waals surface area contributed by atoms with Crippen LogP contribution in [0.1, 0.15) is 37.8 Å². The number of nitrogens with two attached hydrogens (primary N) is 1. The Hall–Kier alpha value is -0.770. The maximum atomic E-state index is 6.16. The Morgan fingerprint density at radius 3 is 2.74 bits per heavy atom. The van der Waals surface area contributed by atoms with E-state index in [1.54, 1.807) is 0 Å². The summed E-state index contributed by atoms with van der Waals surface area (Å²) in [5.41, 5.74) is 6.98. The average Bonchev–Trinajstić information content (AvgIpc) is 2.92. The number of hydrogen-bond acceptors (Lipinski definition) is 3. The number of likely N-dealkylation sites (tertiary alicyclic amines) is 1. The largest absolute Gasteiger partial charge is 0.494 e. The van der Waals surface area contributed by atoms with E-state index < -0.39 is 0 Å². The molecule has 0 aliphatic carbocycles. The first kappa shape index (κ1) is 14.6. The van der Waals surface area contributed by atoms with Gasteiger partial charge in [0.15, 0.2) is 0 Å². The third-order valence-electron chi connectivity index (χ3n) is 3.65. The van der Waals surface area contributed by atoms with Gasteiger partial charge in [0.1, 0.15) is 5.75 Å². The molecule has 0 radical (unpaired) electrons. The molecule has 1 aromatic carbocycles. The summed E-state index contributed by atoms with van der Waals surface area (Å²) in [7, 11) is 0. The SMILES string of the molecule is CCOc1ccc(Cl)cc1C(CCN)N1CCCC1. The van der Waals surface area contributed by atoms with Gasteiger partial charge in [-0.25, -0.2) is 0 Å². The van der Waals surface area contributed by atoms with Crippen molar-refractivity contribution < 1.29 is 4.74 Å². The molecule has 1 atom stereocenters. The second-order valence-electron chi connectivity index (χ2n) is 4.95. The first-order valence-electron chi connectivity index (χ1n) is 7.12. The molecule has 106 valence electrons. The zero-order valence-corrected chi connectivity index (χ0v) is 12.3. The van der Waals surface area contributed by atoms with Crippen LogP contribution in [0.25, 0.3) is 0 Å². The van der Waals surface area contributed by atoms with Crippen molar-refractivity contribution in [3.05, 3.63) is 28.8 Å². The van der Waals surface area contributed by atoms with Crippen LogP contribution in [0.15, 0.2) is 18.2 Å². The molecular weight excluding hydrogens is 260 g/mol.